The number of fused-ring (bicyclic) bond motifs is 2. The monoisotopic (exact) mass is 373 g/mol. The van der Waals surface area contributed by atoms with Crippen LogP contribution in [0.15, 0.2) is 67.3 Å². The first-order valence-electron chi connectivity index (χ1n) is 8.70. The van der Waals surface area contributed by atoms with E-state index in [0.717, 1.165) is 39.3 Å². The highest BCUT2D eigenvalue weighted by Gasteiger charge is 2.02. The number of H-pyrrole nitrogens is 1. The highest BCUT2D eigenvalue weighted by atomic mass is 16.5. The molecule has 28 heavy (non-hydrogen) atoms. The predicted molar refractivity (Wildman–Crippen MR) is 107 cm³/mol. The largest absolute Gasteiger partial charge is 0.506 e. The quantitative estimate of drug-likeness (QED) is 0.489. The molecule has 7 heteroatoms. The molecule has 0 aliphatic heterocycles. The van der Waals surface area contributed by atoms with Gasteiger partial charge in [0, 0.05) is 23.7 Å². The number of aromatic amines is 1. The minimum atomic E-state index is 0.263. The van der Waals surface area contributed by atoms with E-state index < -0.39 is 0 Å². The average molecular weight is 373 g/mol. The Bertz CT molecular complexity index is 1220. The van der Waals surface area contributed by atoms with Crippen molar-refractivity contribution in [3.63, 3.8) is 0 Å². The third kappa shape index (κ3) is 3.50. The molecular formula is C21H19N5O2. The second-order valence-corrected chi connectivity index (χ2v) is 6.27. The number of methoxy groups -OCH3 is 1. The number of aromatic hydroxyl groups is 1. The highest BCUT2D eigenvalue weighted by Crippen LogP contribution is 2.23. The van der Waals surface area contributed by atoms with Gasteiger partial charge in [-0.05, 0) is 42.8 Å². The number of pyridine rings is 2. The number of benzene rings is 1. The number of ether oxygens (including phenoxy) is 1. The van der Waals surface area contributed by atoms with Gasteiger partial charge in [-0.25, -0.2) is 4.98 Å². The van der Waals surface area contributed by atoms with Crippen LogP contribution in [-0.4, -0.2) is 36.8 Å². The number of aromatic nitrogens is 5. The summed E-state index contributed by atoms with van der Waals surface area (Å²) < 4.78 is 6.97. The maximum absolute atomic E-state index is 9.12. The lowest BCUT2D eigenvalue weighted by atomic mass is 10.1. The number of hydrogen-bond acceptors (Lipinski definition) is 5. The molecule has 0 unspecified atom stereocenters. The third-order valence-corrected chi connectivity index (χ3v) is 4.39. The van der Waals surface area contributed by atoms with E-state index in [1.54, 1.807) is 37.8 Å². The van der Waals surface area contributed by atoms with E-state index in [1.807, 2.05) is 47.9 Å². The molecule has 4 heterocycles. The number of nitrogens with one attached hydrogen (secondary N) is 1. The summed E-state index contributed by atoms with van der Waals surface area (Å²) in [6.07, 6.45) is 6.99. The Morgan fingerprint density at radius 1 is 0.964 bits per heavy atom. The molecule has 2 N–H and O–H groups in total. The normalized spacial score (nSPS) is 10.6. The van der Waals surface area contributed by atoms with Crippen LogP contribution in [0.3, 0.4) is 0 Å². The van der Waals surface area contributed by atoms with Crippen LogP contribution in [0.2, 0.25) is 0 Å². The lowest BCUT2D eigenvalue weighted by Gasteiger charge is -2.03. The minimum Gasteiger partial charge on any atom is -0.506 e. The first kappa shape index (κ1) is 17.5. The molecule has 7 nitrogen and oxygen atoms in total. The zero-order valence-electron chi connectivity index (χ0n) is 15.5. The number of imidazole rings is 1. The van der Waals surface area contributed by atoms with Gasteiger partial charge in [0.25, 0.3) is 0 Å². The fourth-order valence-electron chi connectivity index (χ4n) is 2.86. The summed E-state index contributed by atoms with van der Waals surface area (Å²) in [5, 5.41) is 16.0. The van der Waals surface area contributed by atoms with Crippen molar-refractivity contribution < 1.29 is 9.84 Å². The number of hydrogen-bond donors (Lipinski definition) is 2. The molecule has 0 spiro atoms. The predicted octanol–water partition coefficient (Wildman–Crippen LogP) is 3.98. The second kappa shape index (κ2) is 7.40. The van der Waals surface area contributed by atoms with Crippen LogP contribution in [-0.2, 0) is 0 Å². The molecule has 0 aliphatic rings. The Balaban J connectivity index is 0.000000151. The standard InChI is InChI=1S/C13H11N3O.C8H8N2O/c1-17-11-4-2-9(3-5-11)10-6-12-13(14-7-10)8-15-16-12;1-6-4-9-8-3-2-7(11)5-10(6)8/h2-8H,1H3,(H,15,16);2-5,11H,1H3. The van der Waals surface area contributed by atoms with Gasteiger partial charge in [-0.1, -0.05) is 12.1 Å². The lowest BCUT2D eigenvalue weighted by molar-refractivity contribution is 0.415. The zero-order chi connectivity index (χ0) is 19.5. The molecule has 0 atom stereocenters. The van der Waals surface area contributed by atoms with Gasteiger partial charge in [0.05, 0.1) is 25.0 Å². The van der Waals surface area contributed by atoms with Crippen molar-refractivity contribution in [1.82, 2.24) is 24.6 Å². The first-order valence-corrected chi connectivity index (χ1v) is 8.70. The topological polar surface area (TPSA) is 88.3 Å². The molecule has 0 bridgehead atoms. The smallest absolute Gasteiger partial charge is 0.137 e. The summed E-state index contributed by atoms with van der Waals surface area (Å²) in [6.45, 7) is 1.94. The van der Waals surface area contributed by atoms with Crippen molar-refractivity contribution in [3.05, 3.63) is 72.9 Å². The Morgan fingerprint density at radius 2 is 1.79 bits per heavy atom. The van der Waals surface area contributed by atoms with Crippen molar-refractivity contribution in [2.45, 2.75) is 6.92 Å². The van der Waals surface area contributed by atoms with Crippen molar-refractivity contribution in [1.29, 1.82) is 0 Å². The second-order valence-electron chi connectivity index (χ2n) is 6.27. The summed E-state index contributed by atoms with van der Waals surface area (Å²) >= 11 is 0. The van der Waals surface area contributed by atoms with Gasteiger partial charge in [-0.15, -0.1) is 0 Å². The summed E-state index contributed by atoms with van der Waals surface area (Å²) in [5.74, 6) is 1.11. The molecule has 4 aromatic heterocycles. The summed E-state index contributed by atoms with van der Waals surface area (Å²) in [5.41, 5.74) is 5.87. The van der Waals surface area contributed by atoms with E-state index >= 15 is 0 Å². The summed E-state index contributed by atoms with van der Waals surface area (Å²) in [4.78, 5) is 8.45. The SMILES string of the molecule is COc1ccc(-c2cnc3cn[nH]c3c2)cc1.Cc1cnc2ccc(O)cn12. The molecule has 0 fully saturated rings. The van der Waals surface area contributed by atoms with Gasteiger partial charge in [0.2, 0.25) is 0 Å². The summed E-state index contributed by atoms with van der Waals surface area (Å²) in [7, 11) is 1.66. The van der Waals surface area contributed by atoms with Crippen molar-refractivity contribution in [3.8, 4) is 22.6 Å². The number of rotatable bonds is 2. The average Bonchev–Trinajstić information content (AvgIpc) is 3.35. The van der Waals surface area contributed by atoms with Gasteiger partial charge in [-0.3, -0.25) is 10.1 Å². The maximum Gasteiger partial charge on any atom is 0.137 e. The molecule has 1 aromatic carbocycles. The van der Waals surface area contributed by atoms with Gasteiger partial charge in [0.15, 0.2) is 0 Å². The van der Waals surface area contributed by atoms with Crippen LogP contribution in [0.25, 0.3) is 27.8 Å². The van der Waals surface area contributed by atoms with E-state index in [2.05, 4.69) is 20.2 Å². The van der Waals surface area contributed by atoms with Crippen molar-refractivity contribution in [2.24, 2.45) is 0 Å². The molecular weight excluding hydrogens is 354 g/mol. The first-order chi connectivity index (χ1) is 13.6. The Kier molecular flexibility index (Phi) is 4.63. The molecule has 0 radical (unpaired) electrons. The van der Waals surface area contributed by atoms with Gasteiger partial charge >= 0.3 is 0 Å². The van der Waals surface area contributed by atoms with E-state index in [-0.39, 0.29) is 5.75 Å². The Hall–Kier alpha value is -3.87. The van der Waals surface area contributed by atoms with Gasteiger partial charge < -0.3 is 14.2 Å². The highest BCUT2D eigenvalue weighted by molar-refractivity contribution is 5.79. The maximum atomic E-state index is 9.12. The summed E-state index contributed by atoms with van der Waals surface area (Å²) in [6, 6.07) is 13.3. The van der Waals surface area contributed by atoms with E-state index in [0.29, 0.717) is 0 Å². The van der Waals surface area contributed by atoms with Crippen LogP contribution in [0, 0.1) is 6.92 Å². The van der Waals surface area contributed by atoms with Crippen LogP contribution >= 0.6 is 0 Å². The minimum absolute atomic E-state index is 0.263. The molecule has 5 aromatic rings. The molecule has 0 aliphatic carbocycles. The molecule has 140 valence electrons. The lowest BCUT2D eigenvalue weighted by Crippen LogP contribution is -1.84. The van der Waals surface area contributed by atoms with E-state index in [1.165, 1.54) is 0 Å². The van der Waals surface area contributed by atoms with Crippen molar-refractivity contribution in [2.75, 3.05) is 7.11 Å². The van der Waals surface area contributed by atoms with Crippen molar-refractivity contribution >= 4 is 16.7 Å². The molecule has 5 rings (SSSR count). The Morgan fingerprint density at radius 3 is 2.57 bits per heavy atom. The fourth-order valence-corrected chi connectivity index (χ4v) is 2.86. The van der Waals surface area contributed by atoms with Gasteiger partial charge in [0.1, 0.15) is 22.7 Å². The molecule has 0 amide bonds. The van der Waals surface area contributed by atoms with E-state index in [4.69, 9.17) is 9.84 Å². The van der Waals surface area contributed by atoms with Crippen LogP contribution in [0.1, 0.15) is 5.69 Å². The number of nitrogens with zero attached hydrogens (tertiary/aromatic N) is 4. The van der Waals surface area contributed by atoms with Gasteiger partial charge in [-0.2, -0.15) is 5.10 Å². The number of aryl methyl sites for hydroxylation is 1. The van der Waals surface area contributed by atoms with E-state index in [9.17, 15) is 0 Å². The Labute approximate surface area is 161 Å². The molecule has 0 saturated heterocycles. The van der Waals surface area contributed by atoms with Crippen LogP contribution in [0.4, 0.5) is 0 Å². The van der Waals surface area contributed by atoms with Crippen LogP contribution in [0.5, 0.6) is 11.5 Å². The fraction of sp³-hybridized carbons (Fsp3) is 0.0952. The third-order valence-electron chi connectivity index (χ3n) is 4.39. The molecule has 0 saturated carbocycles. The van der Waals surface area contributed by atoms with Crippen LogP contribution < -0.4 is 4.74 Å². The zero-order valence-corrected chi connectivity index (χ0v) is 15.5.